The van der Waals surface area contributed by atoms with E-state index < -0.39 is 0 Å². The molecule has 8 heteroatoms. The third-order valence-corrected chi connectivity index (χ3v) is 9.53. The largest absolute Gasteiger partial charge is 0.343 e. The Labute approximate surface area is 267 Å². The average molecular weight is 618 g/mol. The molecule has 0 atom stereocenters. The average Bonchev–Trinajstić information content (AvgIpc) is 3.37. The van der Waals surface area contributed by atoms with Gasteiger partial charge in [-0.05, 0) is 30.7 Å². The summed E-state index contributed by atoms with van der Waals surface area (Å²) in [4.78, 5) is 11.1. The van der Waals surface area contributed by atoms with Gasteiger partial charge in [-0.25, -0.2) is 0 Å². The predicted octanol–water partition coefficient (Wildman–Crippen LogP) is 7.78. The molecule has 0 unspecified atom stereocenters. The molecule has 0 radical (unpaired) electrons. The zero-order chi connectivity index (χ0) is 30.9. The molecule has 228 valence electrons. The molecule has 8 rings (SSSR count). The van der Waals surface area contributed by atoms with Crippen molar-refractivity contribution in [3.63, 3.8) is 0 Å². The SMILES string of the molecule is Cc1cccc(-c2cccc3cc4n(c23)CCNCC4)c1Cl.O=[N+]([O-])c1ccccc1-c1cccc2cc3n(c12)CCNCC3. The Morgan fingerprint density at radius 3 is 1.78 bits per heavy atom. The zero-order valence-corrected chi connectivity index (χ0v) is 26.1. The van der Waals surface area contributed by atoms with Gasteiger partial charge in [-0.3, -0.25) is 10.1 Å². The second-order valence-electron chi connectivity index (χ2n) is 11.8. The molecular weight excluding hydrogens is 582 g/mol. The molecule has 4 heterocycles. The molecule has 45 heavy (non-hydrogen) atoms. The fraction of sp³-hybridized carbons (Fsp3) is 0.243. The zero-order valence-electron chi connectivity index (χ0n) is 25.4. The number of nitro benzene ring substituents is 1. The maximum atomic E-state index is 11.4. The summed E-state index contributed by atoms with van der Waals surface area (Å²) >= 11 is 6.59. The van der Waals surface area contributed by atoms with Gasteiger partial charge in [0.25, 0.3) is 5.69 Å². The number of rotatable bonds is 3. The molecular formula is C37H36ClN5O2. The van der Waals surface area contributed by atoms with Gasteiger partial charge >= 0.3 is 0 Å². The van der Waals surface area contributed by atoms with Crippen LogP contribution in [0.4, 0.5) is 5.69 Å². The highest BCUT2D eigenvalue weighted by molar-refractivity contribution is 6.34. The van der Waals surface area contributed by atoms with Gasteiger partial charge in [0.2, 0.25) is 0 Å². The van der Waals surface area contributed by atoms with Gasteiger partial charge in [-0.2, -0.15) is 0 Å². The topological polar surface area (TPSA) is 77.1 Å². The molecule has 0 fully saturated rings. The van der Waals surface area contributed by atoms with E-state index >= 15 is 0 Å². The first kappa shape index (κ1) is 29.3. The minimum Gasteiger partial charge on any atom is -0.343 e. The molecule has 0 amide bonds. The van der Waals surface area contributed by atoms with Crippen molar-refractivity contribution in [1.29, 1.82) is 0 Å². The normalized spacial score (nSPS) is 14.6. The third kappa shape index (κ3) is 5.52. The van der Waals surface area contributed by atoms with Crippen molar-refractivity contribution in [2.45, 2.75) is 32.9 Å². The second-order valence-corrected chi connectivity index (χ2v) is 12.2. The molecule has 6 aromatic rings. The van der Waals surface area contributed by atoms with Crippen LogP contribution in [0.15, 0.2) is 91.0 Å². The van der Waals surface area contributed by atoms with E-state index in [1.165, 1.54) is 27.9 Å². The Morgan fingerprint density at radius 2 is 1.18 bits per heavy atom. The van der Waals surface area contributed by atoms with Crippen LogP contribution in [0.5, 0.6) is 0 Å². The molecule has 0 bridgehead atoms. The summed E-state index contributed by atoms with van der Waals surface area (Å²) in [6.07, 6.45) is 2.06. The van der Waals surface area contributed by atoms with Gasteiger partial charge in [-0.1, -0.05) is 78.3 Å². The first-order valence-electron chi connectivity index (χ1n) is 15.6. The maximum absolute atomic E-state index is 11.4. The number of aromatic nitrogens is 2. The van der Waals surface area contributed by atoms with Crippen LogP contribution in [-0.4, -0.2) is 40.2 Å². The van der Waals surface area contributed by atoms with E-state index in [4.69, 9.17) is 11.6 Å². The molecule has 2 aliphatic heterocycles. The summed E-state index contributed by atoms with van der Waals surface area (Å²) in [5.41, 5.74) is 10.4. The quantitative estimate of drug-likeness (QED) is 0.157. The highest BCUT2D eigenvalue weighted by Gasteiger charge is 2.21. The molecule has 0 spiro atoms. The minimum absolute atomic E-state index is 0.155. The van der Waals surface area contributed by atoms with Crippen molar-refractivity contribution >= 4 is 39.1 Å². The number of hydrogen-bond acceptors (Lipinski definition) is 4. The van der Waals surface area contributed by atoms with Crippen molar-refractivity contribution in [2.24, 2.45) is 0 Å². The van der Waals surface area contributed by atoms with E-state index in [2.05, 4.69) is 81.3 Å². The van der Waals surface area contributed by atoms with Crippen molar-refractivity contribution in [3.05, 3.63) is 123 Å². The molecule has 2 aliphatic rings. The Kier molecular flexibility index (Phi) is 8.15. The Balaban J connectivity index is 0.000000145. The fourth-order valence-corrected chi connectivity index (χ4v) is 7.13. The van der Waals surface area contributed by atoms with Crippen LogP contribution in [0.2, 0.25) is 5.02 Å². The number of hydrogen-bond donors (Lipinski definition) is 2. The molecule has 2 aromatic heterocycles. The van der Waals surface area contributed by atoms with Crippen LogP contribution in [-0.2, 0) is 25.9 Å². The number of nitro groups is 1. The van der Waals surface area contributed by atoms with E-state index in [-0.39, 0.29) is 10.6 Å². The van der Waals surface area contributed by atoms with Gasteiger partial charge < -0.3 is 19.8 Å². The summed E-state index contributed by atoms with van der Waals surface area (Å²) in [6.45, 7) is 7.92. The van der Waals surface area contributed by atoms with Crippen molar-refractivity contribution in [2.75, 3.05) is 26.2 Å². The molecule has 7 nitrogen and oxygen atoms in total. The highest BCUT2D eigenvalue weighted by Crippen LogP contribution is 2.38. The first-order chi connectivity index (χ1) is 22.0. The molecule has 0 saturated carbocycles. The van der Waals surface area contributed by atoms with Gasteiger partial charge in [0.1, 0.15) is 0 Å². The van der Waals surface area contributed by atoms with Crippen molar-refractivity contribution < 1.29 is 4.92 Å². The molecule has 0 saturated heterocycles. The van der Waals surface area contributed by atoms with Gasteiger partial charge in [0.05, 0.1) is 26.5 Å². The Bertz CT molecular complexity index is 2040. The van der Waals surface area contributed by atoms with Gasteiger partial charge in [0, 0.05) is 97.0 Å². The first-order valence-corrected chi connectivity index (χ1v) is 16.0. The Hall–Kier alpha value is -4.43. The number of aryl methyl sites for hydroxylation is 1. The predicted molar refractivity (Wildman–Crippen MR) is 184 cm³/mol. The number of fused-ring (bicyclic) bond motifs is 6. The number of nitrogens with one attached hydrogen (secondary N) is 2. The van der Waals surface area contributed by atoms with Crippen LogP contribution in [0.25, 0.3) is 44.1 Å². The molecule has 2 N–H and O–H groups in total. The van der Waals surface area contributed by atoms with E-state index in [1.807, 2.05) is 24.3 Å². The summed E-state index contributed by atoms with van der Waals surface area (Å²) in [5, 5.41) is 21.6. The van der Waals surface area contributed by atoms with Crippen LogP contribution in [0.3, 0.4) is 0 Å². The lowest BCUT2D eigenvalue weighted by Gasteiger charge is -2.13. The van der Waals surface area contributed by atoms with Gasteiger partial charge in [-0.15, -0.1) is 0 Å². The van der Waals surface area contributed by atoms with E-state index in [0.29, 0.717) is 5.56 Å². The van der Waals surface area contributed by atoms with E-state index in [0.717, 1.165) is 84.7 Å². The lowest BCUT2D eigenvalue weighted by Crippen LogP contribution is -2.17. The maximum Gasteiger partial charge on any atom is 0.277 e. The third-order valence-electron chi connectivity index (χ3n) is 9.03. The fourth-order valence-electron chi connectivity index (χ4n) is 6.90. The standard InChI is InChI=1S/C19H19ClN2.C18H17N3O2/c1-13-4-2-6-16(18(13)20)17-7-3-5-14-12-15-8-9-21-10-11-22(15)19(14)17;22-21(23)17-7-2-1-5-15(17)16-6-3-4-13-12-14-8-9-19-10-11-20(14)18(13)16/h2-7,12,21H,8-11H2,1H3;1-7,12,19H,8-11H2. The smallest absolute Gasteiger partial charge is 0.277 e. The number of benzene rings is 4. The monoisotopic (exact) mass is 617 g/mol. The second kappa shape index (κ2) is 12.5. The van der Waals surface area contributed by atoms with Crippen molar-refractivity contribution in [1.82, 2.24) is 19.8 Å². The summed E-state index contributed by atoms with van der Waals surface area (Å²) in [6, 6.07) is 30.4. The Morgan fingerprint density at radius 1 is 0.667 bits per heavy atom. The summed E-state index contributed by atoms with van der Waals surface area (Å²) in [7, 11) is 0. The van der Waals surface area contributed by atoms with Crippen LogP contribution in [0, 0.1) is 17.0 Å². The van der Waals surface area contributed by atoms with Crippen LogP contribution in [0.1, 0.15) is 17.0 Å². The highest BCUT2D eigenvalue weighted by atomic mass is 35.5. The molecule has 4 aromatic carbocycles. The number of halogens is 1. The van der Waals surface area contributed by atoms with E-state index in [9.17, 15) is 10.1 Å². The lowest BCUT2D eigenvalue weighted by molar-refractivity contribution is -0.384. The van der Waals surface area contributed by atoms with Gasteiger partial charge in [0.15, 0.2) is 0 Å². The van der Waals surface area contributed by atoms with E-state index in [1.54, 1.807) is 12.1 Å². The number of para-hydroxylation sites is 3. The minimum atomic E-state index is -0.304. The summed E-state index contributed by atoms with van der Waals surface area (Å²) in [5.74, 6) is 0. The number of nitrogens with zero attached hydrogens (tertiary/aromatic N) is 3. The molecule has 0 aliphatic carbocycles. The van der Waals surface area contributed by atoms with Crippen LogP contribution < -0.4 is 10.6 Å². The van der Waals surface area contributed by atoms with Crippen LogP contribution >= 0.6 is 11.6 Å². The summed E-state index contributed by atoms with van der Waals surface area (Å²) < 4.78 is 4.77. The lowest BCUT2D eigenvalue weighted by atomic mass is 10.0. The van der Waals surface area contributed by atoms with Crippen molar-refractivity contribution in [3.8, 4) is 22.3 Å².